The van der Waals surface area contributed by atoms with Crippen LogP contribution < -0.4 is 0 Å². The molecule has 0 unspecified atom stereocenters. The Morgan fingerprint density at radius 1 is 0.815 bits per heavy atom. The molecule has 0 aliphatic carbocycles. The number of esters is 2. The summed E-state index contributed by atoms with van der Waals surface area (Å²) < 4.78 is 9.97. The highest BCUT2D eigenvalue weighted by Gasteiger charge is 2.49. The third-order valence-electron chi connectivity index (χ3n) is 4.48. The van der Waals surface area contributed by atoms with Crippen molar-refractivity contribution in [2.75, 3.05) is 14.2 Å². The van der Waals surface area contributed by atoms with Crippen LogP contribution in [0.3, 0.4) is 0 Å². The van der Waals surface area contributed by atoms with Gasteiger partial charge in [0.05, 0.1) is 14.2 Å². The standard InChI is InChI=1S/C23H20O4/c1-5-17-11-7-9-13-19(17)15-23(21(24)26-3,22(25)27-4)16-20-14-10-8-12-18(20)6-2/h1-2,7-14H,15-16H2,3-4H3. The van der Waals surface area contributed by atoms with E-state index in [4.69, 9.17) is 22.3 Å². The maximum Gasteiger partial charge on any atom is 0.323 e. The Balaban J connectivity index is 2.63. The highest BCUT2D eigenvalue weighted by molar-refractivity contribution is 6.00. The van der Waals surface area contributed by atoms with Crippen molar-refractivity contribution in [3.05, 3.63) is 70.8 Å². The van der Waals surface area contributed by atoms with Gasteiger partial charge in [0.1, 0.15) is 0 Å². The maximum absolute atomic E-state index is 12.8. The summed E-state index contributed by atoms with van der Waals surface area (Å²) in [5, 5.41) is 0. The van der Waals surface area contributed by atoms with Crippen LogP contribution in [0.2, 0.25) is 0 Å². The van der Waals surface area contributed by atoms with Gasteiger partial charge in [-0.3, -0.25) is 9.59 Å². The molecule has 0 saturated heterocycles. The van der Waals surface area contributed by atoms with Crippen molar-refractivity contribution < 1.29 is 19.1 Å². The summed E-state index contributed by atoms with van der Waals surface area (Å²) in [5.41, 5.74) is 0.937. The second-order valence-electron chi connectivity index (χ2n) is 6.02. The Hall–Kier alpha value is -3.50. The minimum atomic E-state index is -1.61. The Labute approximate surface area is 159 Å². The van der Waals surface area contributed by atoms with Gasteiger partial charge in [-0.05, 0) is 23.3 Å². The fourth-order valence-electron chi connectivity index (χ4n) is 3.11. The molecule has 0 aliphatic heterocycles. The second-order valence-corrected chi connectivity index (χ2v) is 6.02. The number of hydrogen-bond acceptors (Lipinski definition) is 4. The molecule has 2 aromatic rings. The fourth-order valence-corrected chi connectivity index (χ4v) is 3.11. The number of terminal acetylenes is 2. The lowest BCUT2D eigenvalue weighted by Gasteiger charge is -2.29. The van der Waals surface area contributed by atoms with Crippen molar-refractivity contribution in [2.24, 2.45) is 5.41 Å². The van der Waals surface area contributed by atoms with Crippen LogP contribution in [0.1, 0.15) is 22.3 Å². The highest BCUT2D eigenvalue weighted by Crippen LogP contribution is 2.33. The molecule has 0 N–H and O–H groups in total. The molecular formula is C23H20O4. The van der Waals surface area contributed by atoms with Crippen molar-refractivity contribution in [1.82, 2.24) is 0 Å². The summed E-state index contributed by atoms with van der Waals surface area (Å²) in [6.07, 6.45) is 11.2. The first kappa shape index (κ1) is 19.8. The minimum absolute atomic E-state index is 0.0334. The Morgan fingerprint density at radius 3 is 1.52 bits per heavy atom. The molecule has 0 spiro atoms. The van der Waals surface area contributed by atoms with Gasteiger partial charge in [0.15, 0.2) is 5.41 Å². The quantitative estimate of drug-likeness (QED) is 0.452. The summed E-state index contributed by atoms with van der Waals surface area (Å²) in [6.45, 7) is 0. The number of ether oxygens (including phenoxy) is 2. The van der Waals surface area contributed by atoms with E-state index in [1.54, 1.807) is 48.5 Å². The lowest BCUT2D eigenvalue weighted by Crippen LogP contribution is -2.45. The third-order valence-corrected chi connectivity index (χ3v) is 4.48. The zero-order valence-corrected chi connectivity index (χ0v) is 15.3. The molecule has 0 bridgehead atoms. The summed E-state index contributed by atoms with van der Waals surface area (Å²) >= 11 is 0. The van der Waals surface area contributed by atoms with Crippen molar-refractivity contribution >= 4 is 11.9 Å². The van der Waals surface area contributed by atoms with Crippen LogP contribution in [-0.4, -0.2) is 26.2 Å². The molecule has 2 rings (SSSR count). The molecule has 0 aromatic heterocycles. The van der Waals surface area contributed by atoms with Crippen LogP contribution in [0.15, 0.2) is 48.5 Å². The van der Waals surface area contributed by atoms with Gasteiger partial charge in [0.2, 0.25) is 0 Å². The summed E-state index contributed by atoms with van der Waals surface area (Å²) in [4.78, 5) is 25.6. The van der Waals surface area contributed by atoms with E-state index in [0.717, 1.165) is 0 Å². The van der Waals surface area contributed by atoms with Crippen LogP contribution in [-0.2, 0) is 31.9 Å². The molecule has 0 atom stereocenters. The number of benzene rings is 2. The first-order valence-corrected chi connectivity index (χ1v) is 8.28. The van der Waals surface area contributed by atoms with Gasteiger partial charge in [-0.2, -0.15) is 0 Å². The minimum Gasteiger partial charge on any atom is -0.468 e. The molecule has 136 valence electrons. The Bertz CT molecular complexity index is 850. The van der Waals surface area contributed by atoms with E-state index >= 15 is 0 Å². The van der Waals surface area contributed by atoms with Gasteiger partial charge in [-0.1, -0.05) is 48.2 Å². The summed E-state index contributed by atoms with van der Waals surface area (Å²) in [5.74, 6) is 3.76. The lowest BCUT2D eigenvalue weighted by atomic mass is 9.75. The fraction of sp³-hybridized carbons (Fsp3) is 0.217. The average molecular weight is 360 g/mol. The number of hydrogen-bond donors (Lipinski definition) is 0. The molecule has 0 heterocycles. The van der Waals surface area contributed by atoms with Crippen LogP contribution >= 0.6 is 0 Å². The van der Waals surface area contributed by atoms with Crippen LogP contribution in [0.4, 0.5) is 0 Å². The van der Waals surface area contributed by atoms with E-state index in [2.05, 4.69) is 11.8 Å². The predicted molar refractivity (Wildman–Crippen MR) is 103 cm³/mol. The number of rotatable bonds is 6. The van der Waals surface area contributed by atoms with Gasteiger partial charge >= 0.3 is 11.9 Å². The molecule has 0 radical (unpaired) electrons. The summed E-state index contributed by atoms with van der Waals surface area (Å²) in [6, 6.07) is 14.3. The van der Waals surface area contributed by atoms with Gasteiger partial charge in [-0.25, -0.2) is 0 Å². The summed E-state index contributed by atoms with van der Waals surface area (Å²) in [7, 11) is 2.47. The molecule has 0 saturated carbocycles. The van der Waals surface area contributed by atoms with Gasteiger partial charge < -0.3 is 9.47 Å². The first-order valence-electron chi connectivity index (χ1n) is 8.28. The number of carbonyl (C=O) groups excluding carboxylic acids is 2. The Morgan fingerprint density at radius 2 is 1.19 bits per heavy atom. The molecular weight excluding hydrogens is 340 g/mol. The Kier molecular flexibility index (Phi) is 6.41. The topological polar surface area (TPSA) is 52.6 Å². The number of methoxy groups -OCH3 is 2. The van der Waals surface area contributed by atoms with Crippen molar-refractivity contribution in [2.45, 2.75) is 12.8 Å². The average Bonchev–Trinajstić information content (AvgIpc) is 2.72. The third kappa shape index (κ3) is 4.02. The largest absolute Gasteiger partial charge is 0.468 e. The number of carbonyl (C=O) groups is 2. The molecule has 4 heteroatoms. The van der Waals surface area contributed by atoms with E-state index in [9.17, 15) is 9.59 Å². The van der Waals surface area contributed by atoms with Gasteiger partial charge in [0, 0.05) is 24.0 Å². The molecule has 0 fully saturated rings. The second kappa shape index (κ2) is 8.74. The monoisotopic (exact) mass is 360 g/mol. The van der Waals surface area contributed by atoms with Gasteiger partial charge in [-0.15, -0.1) is 12.8 Å². The normalized spacial score (nSPS) is 10.4. The highest BCUT2D eigenvalue weighted by atomic mass is 16.5. The van der Waals surface area contributed by atoms with Crippen molar-refractivity contribution in [3.63, 3.8) is 0 Å². The van der Waals surface area contributed by atoms with E-state index in [1.165, 1.54) is 14.2 Å². The van der Waals surface area contributed by atoms with Crippen LogP contribution in [0.25, 0.3) is 0 Å². The van der Waals surface area contributed by atoms with Crippen molar-refractivity contribution in [3.8, 4) is 24.7 Å². The van der Waals surface area contributed by atoms with E-state index in [1.807, 2.05) is 0 Å². The van der Waals surface area contributed by atoms with E-state index in [0.29, 0.717) is 22.3 Å². The molecule has 0 aliphatic rings. The molecule has 0 amide bonds. The molecule has 2 aromatic carbocycles. The lowest BCUT2D eigenvalue weighted by molar-refractivity contribution is -0.169. The zero-order valence-electron chi connectivity index (χ0n) is 15.3. The van der Waals surface area contributed by atoms with Crippen molar-refractivity contribution in [1.29, 1.82) is 0 Å². The van der Waals surface area contributed by atoms with Crippen LogP contribution in [0, 0.1) is 30.1 Å². The first-order chi connectivity index (χ1) is 13.0. The molecule has 4 nitrogen and oxygen atoms in total. The predicted octanol–water partition coefficient (Wildman–Crippen LogP) is 2.77. The molecule has 27 heavy (non-hydrogen) atoms. The maximum atomic E-state index is 12.8. The SMILES string of the molecule is C#Cc1ccccc1CC(Cc1ccccc1C#C)(C(=O)OC)C(=O)OC. The zero-order chi connectivity index (χ0) is 19.9. The van der Waals surface area contributed by atoms with Gasteiger partial charge in [0.25, 0.3) is 0 Å². The smallest absolute Gasteiger partial charge is 0.323 e. The van der Waals surface area contributed by atoms with E-state index in [-0.39, 0.29) is 12.8 Å². The van der Waals surface area contributed by atoms with E-state index < -0.39 is 17.4 Å². The van der Waals surface area contributed by atoms with Crippen LogP contribution in [0.5, 0.6) is 0 Å².